The normalized spacial score (nSPS) is 15.4. The van der Waals surface area contributed by atoms with E-state index in [2.05, 4.69) is 0 Å². The minimum Gasteiger partial charge on any atom is -0.508 e. The van der Waals surface area contributed by atoms with Gasteiger partial charge < -0.3 is 20.0 Å². The van der Waals surface area contributed by atoms with Crippen LogP contribution < -0.4 is 5.09 Å². The van der Waals surface area contributed by atoms with Crippen molar-refractivity contribution in [2.24, 2.45) is 0 Å². The smallest absolute Gasteiger partial charge is 0.427 e. The molecule has 1 aromatic carbocycles. The van der Waals surface area contributed by atoms with Crippen LogP contribution in [0.5, 0.6) is 5.75 Å². The average molecular weight is 353 g/mol. The molecule has 0 heterocycles. The number of unbranched alkanes of at least 4 members (excludes halogenated alkanes) is 1. The predicted molar refractivity (Wildman–Crippen MR) is 88.2 cm³/mol. The number of phenolic OH excluding ortho intramolecular Hbond substituents is 1. The molecular weight excluding hydrogens is 333 g/mol. The molecule has 1 aromatic rings. The predicted octanol–water partition coefficient (Wildman–Crippen LogP) is 2.46. The van der Waals surface area contributed by atoms with Crippen LogP contribution >= 0.6 is 7.75 Å². The summed E-state index contributed by atoms with van der Waals surface area (Å²) in [5.41, 5.74) is 1.41. The Balaban J connectivity index is 1.99. The Morgan fingerprint density at radius 2 is 1.83 bits per heavy atom. The number of phenols is 1. The van der Waals surface area contributed by atoms with Gasteiger partial charge in [0.15, 0.2) is 5.78 Å². The summed E-state index contributed by atoms with van der Waals surface area (Å²) in [4.78, 5) is 29.5. The fourth-order valence-electron chi connectivity index (χ4n) is 2.63. The summed E-state index contributed by atoms with van der Waals surface area (Å²) in [5.74, 6) is -0.457. The molecule has 7 nitrogen and oxygen atoms in total. The first-order valence-corrected chi connectivity index (χ1v) is 9.13. The van der Waals surface area contributed by atoms with Gasteiger partial charge in [-0.05, 0) is 43.4 Å². The van der Waals surface area contributed by atoms with E-state index in [-0.39, 0.29) is 23.6 Å². The van der Waals surface area contributed by atoms with E-state index in [4.69, 9.17) is 9.79 Å². The van der Waals surface area contributed by atoms with Gasteiger partial charge >= 0.3 is 7.75 Å². The molecule has 0 aliphatic heterocycles. The molecule has 0 radical (unpaired) electrons. The summed E-state index contributed by atoms with van der Waals surface area (Å²) < 4.78 is 11.1. The van der Waals surface area contributed by atoms with Gasteiger partial charge in [0.05, 0.1) is 6.42 Å². The highest BCUT2D eigenvalue weighted by Crippen LogP contribution is 2.35. The zero-order valence-electron chi connectivity index (χ0n) is 13.0. The van der Waals surface area contributed by atoms with Gasteiger partial charge in [-0.3, -0.25) is 9.88 Å². The topological polar surface area (TPSA) is 127 Å². The largest absolute Gasteiger partial charge is 0.508 e. The lowest BCUT2D eigenvalue weighted by Gasteiger charge is -2.20. The Morgan fingerprint density at radius 1 is 1.12 bits per heavy atom. The van der Waals surface area contributed by atoms with Gasteiger partial charge in [0.2, 0.25) is 0 Å². The fraction of sp³-hybridized carbons (Fsp3) is 0.312. The zero-order chi connectivity index (χ0) is 17.7. The van der Waals surface area contributed by atoms with Crippen LogP contribution in [0.2, 0.25) is 0 Å². The van der Waals surface area contributed by atoms with Crippen molar-refractivity contribution in [1.29, 1.82) is 0 Å². The molecule has 0 saturated heterocycles. The quantitative estimate of drug-likeness (QED) is 0.376. The summed E-state index contributed by atoms with van der Waals surface area (Å²) in [6.07, 6.45) is 3.44. The van der Waals surface area contributed by atoms with Crippen molar-refractivity contribution < 1.29 is 29.4 Å². The molecule has 130 valence electrons. The van der Waals surface area contributed by atoms with Crippen LogP contribution in [0.25, 0.3) is 0 Å². The van der Waals surface area contributed by atoms with Crippen LogP contribution in [0.4, 0.5) is 0 Å². The third kappa shape index (κ3) is 5.53. The number of hydrogen-bond acceptors (Lipinski definition) is 4. The third-order valence-electron chi connectivity index (χ3n) is 3.66. The number of benzene rings is 1. The Morgan fingerprint density at radius 3 is 2.50 bits per heavy atom. The summed E-state index contributed by atoms with van der Waals surface area (Å²) in [7, 11) is -4.54. The maximum Gasteiger partial charge on any atom is 0.427 e. The van der Waals surface area contributed by atoms with Gasteiger partial charge in [-0.2, -0.15) is 0 Å². The second-order valence-electron chi connectivity index (χ2n) is 5.66. The Kier molecular flexibility index (Phi) is 5.83. The van der Waals surface area contributed by atoms with E-state index < -0.39 is 13.5 Å². The SMILES string of the molecule is O=C1C=C(O)C(CCCCc2cccc(O)c2)=C(NP(=O)(O)O)C1. The van der Waals surface area contributed by atoms with E-state index >= 15 is 0 Å². The molecule has 0 saturated carbocycles. The number of aliphatic hydroxyl groups is 1. The number of aryl methyl sites for hydroxylation is 1. The molecule has 0 aromatic heterocycles. The standard InChI is InChI=1S/C16H20NO6P/c18-12-6-3-5-11(8-12)4-1-2-7-14-15(17-24(21,22)23)9-13(19)10-16(14)20/h3,5-6,8,10,18,20H,1-2,4,7,9H2,(H3,17,21,22,23). The van der Waals surface area contributed by atoms with Gasteiger partial charge in [0.25, 0.3) is 0 Å². The first-order valence-electron chi connectivity index (χ1n) is 7.52. The van der Waals surface area contributed by atoms with Crippen LogP contribution in [0.3, 0.4) is 0 Å². The van der Waals surface area contributed by atoms with Crippen molar-refractivity contribution in [1.82, 2.24) is 5.09 Å². The van der Waals surface area contributed by atoms with E-state index in [1.807, 2.05) is 11.2 Å². The molecule has 0 unspecified atom stereocenters. The monoisotopic (exact) mass is 353 g/mol. The highest BCUT2D eigenvalue weighted by molar-refractivity contribution is 7.49. The van der Waals surface area contributed by atoms with Crippen molar-refractivity contribution in [3.05, 3.63) is 52.9 Å². The number of carbonyl (C=O) groups excluding carboxylic acids is 1. The average Bonchev–Trinajstić information content (AvgIpc) is 2.43. The highest BCUT2D eigenvalue weighted by atomic mass is 31.2. The molecule has 0 bridgehead atoms. The van der Waals surface area contributed by atoms with Crippen molar-refractivity contribution >= 4 is 13.5 Å². The lowest BCUT2D eigenvalue weighted by Crippen LogP contribution is -2.19. The van der Waals surface area contributed by atoms with Crippen molar-refractivity contribution in [2.45, 2.75) is 32.1 Å². The third-order valence-corrected chi connectivity index (χ3v) is 4.22. The molecule has 0 fully saturated rings. The van der Waals surface area contributed by atoms with Crippen LogP contribution in [0, 0.1) is 0 Å². The van der Waals surface area contributed by atoms with E-state index in [9.17, 15) is 19.6 Å². The molecule has 0 atom stereocenters. The maximum atomic E-state index is 11.5. The number of hydrogen-bond donors (Lipinski definition) is 5. The van der Waals surface area contributed by atoms with Crippen LogP contribution in [0.15, 0.2) is 47.4 Å². The molecule has 5 N–H and O–H groups in total. The van der Waals surface area contributed by atoms with Gasteiger partial charge in [-0.1, -0.05) is 12.1 Å². The number of aliphatic hydroxyl groups excluding tert-OH is 1. The first-order chi connectivity index (χ1) is 11.2. The summed E-state index contributed by atoms with van der Waals surface area (Å²) in [6, 6.07) is 6.93. The lowest BCUT2D eigenvalue weighted by molar-refractivity contribution is -0.114. The van der Waals surface area contributed by atoms with Crippen LogP contribution in [-0.4, -0.2) is 25.8 Å². The van der Waals surface area contributed by atoms with Crippen LogP contribution in [0.1, 0.15) is 31.2 Å². The second kappa shape index (κ2) is 7.66. The Hall–Kier alpha value is -2.08. The van der Waals surface area contributed by atoms with E-state index in [1.165, 1.54) is 0 Å². The number of aromatic hydroxyl groups is 1. The molecule has 1 aliphatic carbocycles. The number of ketones is 1. The lowest BCUT2D eigenvalue weighted by atomic mass is 9.95. The molecule has 1 aliphatic rings. The number of allylic oxidation sites excluding steroid dienone is 3. The zero-order valence-corrected chi connectivity index (χ0v) is 13.9. The number of nitrogens with one attached hydrogen (secondary N) is 1. The Labute approximate surface area is 139 Å². The van der Waals surface area contributed by atoms with Gasteiger partial charge in [-0.25, -0.2) is 4.57 Å². The van der Waals surface area contributed by atoms with Crippen LogP contribution in [-0.2, 0) is 15.8 Å². The Bertz CT molecular complexity index is 734. The van der Waals surface area contributed by atoms with Crippen molar-refractivity contribution in [3.63, 3.8) is 0 Å². The molecule has 0 spiro atoms. The molecule has 2 rings (SSSR count). The van der Waals surface area contributed by atoms with Gasteiger partial charge in [-0.15, -0.1) is 0 Å². The molecule has 0 amide bonds. The van der Waals surface area contributed by atoms with Crippen molar-refractivity contribution in [3.8, 4) is 5.75 Å². The van der Waals surface area contributed by atoms with E-state index in [1.54, 1.807) is 18.2 Å². The van der Waals surface area contributed by atoms with Gasteiger partial charge in [0, 0.05) is 17.3 Å². The van der Waals surface area contributed by atoms with E-state index in [0.29, 0.717) is 18.4 Å². The molecule has 24 heavy (non-hydrogen) atoms. The van der Waals surface area contributed by atoms with Gasteiger partial charge in [0.1, 0.15) is 11.5 Å². The van der Waals surface area contributed by atoms with Crippen molar-refractivity contribution in [2.75, 3.05) is 0 Å². The summed E-state index contributed by atoms with van der Waals surface area (Å²) in [5, 5.41) is 21.4. The summed E-state index contributed by atoms with van der Waals surface area (Å²) in [6.45, 7) is 0. The highest BCUT2D eigenvalue weighted by Gasteiger charge is 2.24. The minimum absolute atomic E-state index is 0.0747. The summed E-state index contributed by atoms with van der Waals surface area (Å²) >= 11 is 0. The number of carbonyl (C=O) groups is 1. The second-order valence-corrected chi connectivity index (χ2v) is 6.97. The minimum atomic E-state index is -4.54. The molecular formula is C16H20NO6P. The van der Waals surface area contributed by atoms with E-state index in [0.717, 1.165) is 24.5 Å². The fourth-order valence-corrected chi connectivity index (χ4v) is 3.20. The first kappa shape index (κ1) is 18.3. The molecule has 8 heteroatoms. The maximum absolute atomic E-state index is 11.5. The number of rotatable bonds is 7.